The van der Waals surface area contributed by atoms with Crippen molar-refractivity contribution in [1.29, 1.82) is 0 Å². The van der Waals surface area contributed by atoms with E-state index in [4.69, 9.17) is 0 Å². The zero-order chi connectivity index (χ0) is 20.0. The summed E-state index contributed by atoms with van der Waals surface area (Å²) < 4.78 is 28.6. The Hall–Kier alpha value is -2.96. The normalized spacial score (nSPS) is 12.0. The van der Waals surface area contributed by atoms with E-state index in [9.17, 15) is 18.4 Å². The van der Waals surface area contributed by atoms with Gasteiger partial charge in [0.05, 0.1) is 0 Å². The molecular weight excluding hydrogens is 354 g/mol. The van der Waals surface area contributed by atoms with E-state index in [1.807, 2.05) is 32.9 Å². The van der Waals surface area contributed by atoms with Crippen molar-refractivity contribution in [3.05, 3.63) is 59.7 Å². The summed E-state index contributed by atoms with van der Waals surface area (Å²) in [6, 6.07) is 11.8. The van der Waals surface area contributed by atoms with Gasteiger partial charge in [0.25, 0.3) is 5.91 Å². The topological polar surface area (TPSA) is 67.4 Å². The van der Waals surface area contributed by atoms with Crippen molar-refractivity contribution in [3.63, 3.8) is 0 Å². The summed E-state index contributed by atoms with van der Waals surface area (Å²) in [5.74, 6) is -0.894. The fraction of sp³-hybridized carbons (Fsp3) is 0.300. The molecule has 0 bridgehead atoms. The molecule has 5 nitrogen and oxygen atoms in total. The first-order chi connectivity index (χ1) is 12.8. The second-order valence-electron chi connectivity index (χ2n) is 6.45. The number of nitrogens with one attached hydrogen (secondary N) is 2. The van der Waals surface area contributed by atoms with E-state index in [0.717, 1.165) is 5.56 Å². The third-order valence-electron chi connectivity index (χ3n) is 3.90. The van der Waals surface area contributed by atoms with Gasteiger partial charge in [0.15, 0.2) is 0 Å². The average molecular weight is 376 g/mol. The van der Waals surface area contributed by atoms with Crippen LogP contribution in [0.4, 0.5) is 14.5 Å². The lowest BCUT2D eigenvalue weighted by Crippen LogP contribution is -2.47. The molecule has 1 atom stereocenters. The smallest absolute Gasteiger partial charge is 0.387 e. The second-order valence-corrected chi connectivity index (χ2v) is 6.45. The van der Waals surface area contributed by atoms with Gasteiger partial charge in [0.2, 0.25) is 5.91 Å². The van der Waals surface area contributed by atoms with E-state index in [1.165, 1.54) is 24.3 Å². The molecular formula is C20H22F2N2O3. The Morgan fingerprint density at radius 2 is 1.56 bits per heavy atom. The molecule has 2 aromatic carbocycles. The molecule has 0 aliphatic rings. The Morgan fingerprint density at radius 1 is 0.963 bits per heavy atom. The minimum atomic E-state index is -2.91. The molecule has 2 rings (SSSR count). The molecule has 144 valence electrons. The van der Waals surface area contributed by atoms with E-state index in [2.05, 4.69) is 15.4 Å². The molecule has 1 unspecified atom stereocenters. The van der Waals surface area contributed by atoms with Crippen LogP contribution in [0.3, 0.4) is 0 Å². The fourth-order valence-corrected chi connectivity index (χ4v) is 2.40. The van der Waals surface area contributed by atoms with Crippen molar-refractivity contribution in [2.75, 3.05) is 5.32 Å². The van der Waals surface area contributed by atoms with Crippen LogP contribution in [0.2, 0.25) is 0 Å². The Bertz CT molecular complexity index is 775. The van der Waals surface area contributed by atoms with Crippen LogP contribution in [0.25, 0.3) is 0 Å². The second kappa shape index (κ2) is 9.12. The minimum Gasteiger partial charge on any atom is -0.435 e. The van der Waals surface area contributed by atoms with E-state index in [1.54, 1.807) is 12.1 Å². The summed E-state index contributed by atoms with van der Waals surface area (Å²) in [4.78, 5) is 25.0. The average Bonchev–Trinajstić information content (AvgIpc) is 2.61. The quantitative estimate of drug-likeness (QED) is 0.768. The monoisotopic (exact) mass is 376 g/mol. The molecule has 7 heteroatoms. The van der Waals surface area contributed by atoms with Crippen molar-refractivity contribution in [1.82, 2.24) is 5.32 Å². The Kier molecular flexibility index (Phi) is 6.87. The molecule has 27 heavy (non-hydrogen) atoms. The Labute approximate surface area is 156 Å². The molecule has 0 fully saturated rings. The lowest BCUT2D eigenvalue weighted by atomic mass is 10.0. The highest BCUT2D eigenvalue weighted by Gasteiger charge is 2.24. The predicted molar refractivity (Wildman–Crippen MR) is 99.0 cm³/mol. The van der Waals surface area contributed by atoms with Crippen LogP contribution < -0.4 is 15.4 Å². The number of ether oxygens (including phenoxy) is 1. The predicted octanol–water partition coefficient (Wildman–Crippen LogP) is 3.99. The standard InChI is InChI=1S/C20H22F2N2O3/c1-12(2)17(24-18(25)14-6-4-13(3)5-7-14)19(26)23-15-8-10-16(11-9-15)27-20(21)22/h4-12,17,20H,1-3H3,(H,23,26)(H,24,25). The lowest BCUT2D eigenvalue weighted by molar-refractivity contribution is -0.118. The molecule has 2 amide bonds. The maximum atomic E-state index is 12.6. The van der Waals surface area contributed by atoms with Crippen molar-refractivity contribution in [2.24, 2.45) is 5.92 Å². The van der Waals surface area contributed by atoms with Gasteiger partial charge in [-0.2, -0.15) is 8.78 Å². The Morgan fingerprint density at radius 3 is 2.07 bits per heavy atom. The van der Waals surface area contributed by atoms with Gasteiger partial charge in [-0.1, -0.05) is 31.5 Å². The highest BCUT2D eigenvalue weighted by atomic mass is 19.3. The first kappa shape index (κ1) is 20.4. The number of carbonyl (C=O) groups is 2. The van der Waals surface area contributed by atoms with Crippen LogP contribution in [0.5, 0.6) is 5.75 Å². The third kappa shape index (κ3) is 6.06. The molecule has 0 heterocycles. The highest BCUT2D eigenvalue weighted by molar-refractivity contribution is 6.01. The van der Waals surface area contributed by atoms with E-state index in [-0.39, 0.29) is 17.6 Å². The summed E-state index contributed by atoms with van der Waals surface area (Å²) >= 11 is 0. The number of amides is 2. The number of carbonyl (C=O) groups excluding carboxylic acids is 2. The van der Waals surface area contributed by atoms with E-state index in [0.29, 0.717) is 11.3 Å². The molecule has 2 aromatic rings. The first-order valence-corrected chi connectivity index (χ1v) is 8.49. The van der Waals surface area contributed by atoms with Gasteiger partial charge in [-0.3, -0.25) is 9.59 Å². The third-order valence-corrected chi connectivity index (χ3v) is 3.90. The summed E-state index contributed by atoms with van der Waals surface area (Å²) in [5, 5.41) is 5.41. The number of rotatable bonds is 7. The summed E-state index contributed by atoms with van der Waals surface area (Å²) in [5.41, 5.74) is 1.91. The summed E-state index contributed by atoms with van der Waals surface area (Å²) in [6.45, 7) is 2.65. The van der Waals surface area contributed by atoms with Gasteiger partial charge in [0, 0.05) is 11.3 Å². The number of aryl methyl sites for hydroxylation is 1. The van der Waals surface area contributed by atoms with Gasteiger partial charge in [-0.15, -0.1) is 0 Å². The van der Waals surface area contributed by atoms with Crippen LogP contribution in [-0.4, -0.2) is 24.5 Å². The zero-order valence-electron chi connectivity index (χ0n) is 15.3. The molecule has 2 N–H and O–H groups in total. The zero-order valence-corrected chi connectivity index (χ0v) is 15.3. The van der Waals surface area contributed by atoms with Gasteiger partial charge in [-0.05, 0) is 49.2 Å². The van der Waals surface area contributed by atoms with Crippen LogP contribution >= 0.6 is 0 Å². The fourth-order valence-electron chi connectivity index (χ4n) is 2.40. The molecule has 0 saturated carbocycles. The molecule has 0 spiro atoms. The number of anilines is 1. The van der Waals surface area contributed by atoms with Gasteiger partial charge in [0.1, 0.15) is 11.8 Å². The molecule has 0 aliphatic carbocycles. The number of hydrogen-bond donors (Lipinski definition) is 2. The SMILES string of the molecule is Cc1ccc(C(=O)NC(C(=O)Nc2ccc(OC(F)F)cc2)C(C)C)cc1. The van der Waals surface area contributed by atoms with Crippen LogP contribution in [0.1, 0.15) is 29.8 Å². The van der Waals surface area contributed by atoms with Crippen molar-refractivity contribution in [2.45, 2.75) is 33.4 Å². The lowest BCUT2D eigenvalue weighted by Gasteiger charge is -2.22. The molecule has 0 aliphatic heterocycles. The number of hydrogen-bond acceptors (Lipinski definition) is 3. The number of benzene rings is 2. The molecule has 0 radical (unpaired) electrons. The molecule has 0 aromatic heterocycles. The maximum absolute atomic E-state index is 12.6. The van der Waals surface area contributed by atoms with Crippen molar-refractivity contribution < 1.29 is 23.1 Å². The van der Waals surface area contributed by atoms with Gasteiger partial charge in [-0.25, -0.2) is 0 Å². The molecule has 0 saturated heterocycles. The van der Waals surface area contributed by atoms with E-state index >= 15 is 0 Å². The van der Waals surface area contributed by atoms with Gasteiger partial charge < -0.3 is 15.4 Å². The number of alkyl halides is 2. The first-order valence-electron chi connectivity index (χ1n) is 8.49. The van der Waals surface area contributed by atoms with Crippen molar-refractivity contribution in [3.8, 4) is 5.75 Å². The highest BCUT2D eigenvalue weighted by Crippen LogP contribution is 2.18. The van der Waals surface area contributed by atoms with Crippen LogP contribution in [0.15, 0.2) is 48.5 Å². The van der Waals surface area contributed by atoms with Crippen LogP contribution in [0, 0.1) is 12.8 Å². The summed E-state index contributed by atoms with van der Waals surface area (Å²) in [7, 11) is 0. The Balaban J connectivity index is 2.03. The summed E-state index contributed by atoms with van der Waals surface area (Å²) in [6.07, 6.45) is 0. The van der Waals surface area contributed by atoms with E-state index < -0.39 is 18.6 Å². The maximum Gasteiger partial charge on any atom is 0.387 e. The van der Waals surface area contributed by atoms with Crippen LogP contribution in [-0.2, 0) is 4.79 Å². The number of halogens is 2. The largest absolute Gasteiger partial charge is 0.435 e. The van der Waals surface area contributed by atoms with Crippen molar-refractivity contribution >= 4 is 17.5 Å². The minimum absolute atomic E-state index is 0.00363. The van der Waals surface area contributed by atoms with Gasteiger partial charge >= 0.3 is 6.61 Å².